The Kier molecular flexibility index (Phi) is 5.29. The molecular weight excluding hydrogens is 276 g/mol. The van der Waals surface area contributed by atoms with Crippen LogP contribution >= 0.6 is 0 Å². The molecule has 1 heterocycles. The SMILES string of the molecule is C#Cc1cncc(C(=O)N(C)CC(O)Cc2ccccc2)c1. The zero-order valence-electron chi connectivity index (χ0n) is 12.4. The Hall–Kier alpha value is -2.64. The van der Waals surface area contributed by atoms with Crippen molar-refractivity contribution in [3.63, 3.8) is 0 Å². The molecule has 4 heteroatoms. The minimum Gasteiger partial charge on any atom is -0.391 e. The van der Waals surface area contributed by atoms with Crippen LogP contribution in [0.5, 0.6) is 0 Å². The Morgan fingerprint density at radius 3 is 2.77 bits per heavy atom. The fraction of sp³-hybridized carbons (Fsp3) is 0.222. The van der Waals surface area contributed by atoms with Crippen molar-refractivity contribution in [2.24, 2.45) is 0 Å². The van der Waals surface area contributed by atoms with Crippen molar-refractivity contribution in [1.82, 2.24) is 9.88 Å². The zero-order valence-corrected chi connectivity index (χ0v) is 12.4. The van der Waals surface area contributed by atoms with Crippen LogP contribution in [-0.2, 0) is 6.42 Å². The van der Waals surface area contributed by atoms with Crippen LogP contribution in [0.25, 0.3) is 0 Å². The van der Waals surface area contributed by atoms with E-state index in [9.17, 15) is 9.90 Å². The van der Waals surface area contributed by atoms with Crippen LogP contribution in [0.2, 0.25) is 0 Å². The van der Waals surface area contributed by atoms with E-state index in [4.69, 9.17) is 6.42 Å². The first-order valence-electron chi connectivity index (χ1n) is 6.99. The number of terminal acetylenes is 1. The lowest BCUT2D eigenvalue weighted by atomic mass is 10.1. The van der Waals surface area contributed by atoms with Crippen LogP contribution in [0, 0.1) is 12.3 Å². The first-order chi connectivity index (χ1) is 10.6. The third-order valence-electron chi connectivity index (χ3n) is 3.30. The lowest BCUT2D eigenvalue weighted by Gasteiger charge is -2.21. The third-order valence-corrected chi connectivity index (χ3v) is 3.30. The van der Waals surface area contributed by atoms with Gasteiger partial charge in [0.1, 0.15) is 0 Å². The molecule has 4 nitrogen and oxygen atoms in total. The molecule has 1 aromatic carbocycles. The molecule has 0 spiro atoms. The zero-order chi connectivity index (χ0) is 15.9. The minimum absolute atomic E-state index is 0.211. The van der Waals surface area contributed by atoms with Gasteiger partial charge in [0.15, 0.2) is 0 Å². The predicted octanol–water partition coefficient (Wildman–Crippen LogP) is 1.74. The Morgan fingerprint density at radius 1 is 1.36 bits per heavy atom. The van der Waals surface area contributed by atoms with Crippen molar-refractivity contribution in [2.75, 3.05) is 13.6 Å². The maximum Gasteiger partial charge on any atom is 0.255 e. The van der Waals surface area contributed by atoms with Crippen LogP contribution in [-0.4, -0.2) is 40.6 Å². The Morgan fingerprint density at radius 2 is 2.09 bits per heavy atom. The Labute approximate surface area is 130 Å². The van der Waals surface area contributed by atoms with E-state index in [-0.39, 0.29) is 12.5 Å². The summed E-state index contributed by atoms with van der Waals surface area (Å²) in [6.45, 7) is 0.244. The molecule has 0 radical (unpaired) electrons. The van der Waals surface area contributed by atoms with Gasteiger partial charge < -0.3 is 10.0 Å². The van der Waals surface area contributed by atoms with Gasteiger partial charge in [-0.2, -0.15) is 0 Å². The molecule has 0 bridgehead atoms. The molecule has 22 heavy (non-hydrogen) atoms. The van der Waals surface area contributed by atoms with E-state index >= 15 is 0 Å². The molecule has 0 aliphatic heterocycles. The summed E-state index contributed by atoms with van der Waals surface area (Å²) in [5.74, 6) is 2.24. The van der Waals surface area contributed by atoms with Crippen LogP contribution in [0.1, 0.15) is 21.5 Å². The molecule has 1 amide bonds. The molecule has 112 valence electrons. The number of likely N-dealkylation sites (N-methyl/N-ethyl adjacent to an activating group) is 1. The Bertz CT molecular complexity index is 677. The summed E-state index contributed by atoms with van der Waals surface area (Å²) in [5.41, 5.74) is 2.01. The highest BCUT2D eigenvalue weighted by atomic mass is 16.3. The van der Waals surface area contributed by atoms with E-state index in [0.29, 0.717) is 17.5 Å². The quantitative estimate of drug-likeness (QED) is 0.855. The van der Waals surface area contributed by atoms with Crippen LogP contribution in [0.15, 0.2) is 48.8 Å². The summed E-state index contributed by atoms with van der Waals surface area (Å²) in [7, 11) is 1.65. The topological polar surface area (TPSA) is 53.4 Å². The summed E-state index contributed by atoms with van der Waals surface area (Å²) in [4.78, 5) is 17.7. The Balaban J connectivity index is 1.97. The van der Waals surface area contributed by atoms with Crippen molar-refractivity contribution in [3.8, 4) is 12.3 Å². The van der Waals surface area contributed by atoms with Crippen LogP contribution in [0.3, 0.4) is 0 Å². The minimum atomic E-state index is -0.625. The van der Waals surface area contributed by atoms with Crippen molar-refractivity contribution in [3.05, 3.63) is 65.5 Å². The molecule has 0 aliphatic carbocycles. The fourth-order valence-electron chi connectivity index (χ4n) is 2.21. The molecule has 2 aromatic rings. The number of pyridine rings is 1. The second-order valence-electron chi connectivity index (χ2n) is 5.14. The molecule has 0 fully saturated rings. The average Bonchev–Trinajstić information content (AvgIpc) is 2.55. The van der Waals surface area contributed by atoms with Crippen LogP contribution in [0.4, 0.5) is 0 Å². The maximum absolute atomic E-state index is 12.3. The molecule has 0 saturated carbocycles. The monoisotopic (exact) mass is 294 g/mol. The summed E-state index contributed by atoms with van der Waals surface area (Å²) in [5, 5.41) is 10.1. The molecule has 0 saturated heterocycles. The van der Waals surface area contributed by atoms with Gasteiger partial charge in [0.2, 0.25) is 0 Å². The highest BCUT2D eigenvalue weighted by molar-refractivity contribution is 5.94. The predicted molar refractivity (Wildman–Crippen MR) is 85.3 cm³/mol. The van der Waals surface area contributed by atoms with Gasteiger partial charge in [0.25, 0.3) is 5.91 Å². The second kappa shape index (κ2) is 7.39. The third kappa shape index (κ3) is 4.18. The van der Waals surface area contributed by atoms with Gasteiger partial charge in [-0.3, -0.25) is 9.78 Å². The maximum atomic E-state index is 12.3. The van der Waals surface area contributed by atoms with Crippen molar-refractivity contribution in [1.29, 1.82) is 0 Å². The van der Waals surface area contributed by atoms with Crippen LogP contribution < -0.4 is 0 Å². The highest BCUT2D eigenvalue weighted by Crippen LogP contribution is 2.08. The van der Waals surface area contributed by atoms with Gasteiger partial charge in [-0.1, -0.05) is 36.3 Å². The largest absolute Gasteiger partial charge is 0.391 e. The molecule has 1 N–H and O–H groups in total. The standard InChI is InChI=1S/C18H18N2O2/c1-3-14-9-16(12-19-11-14)18(22)20(2)13-17(21)10-15-7-5-4-6-8-15/h1,4-9,11-12,17,21H,10,13H2,2H3. The molecule has 2 rings (SSSR count). The first kappa shape index (κ1) is 15.7. The van der Waals surface area contributed by atoms with E-state index in [1.165, 1.54) is 17.3 Å². The summed E-state index contributed by atoms with van der Waals surface area (Å²) < 4.78 is 0. The van der Waals surface area contributed by atoms with E-state index < -0.39 is 6.10 Å². The number of aliphatic hydroxyl groups excluding tert-OH is 1. The van der Waals surface area contributed by atoms with Crippen molar-refractivity contribution < 1.29 is 9.90 Å². The highest BCUT2D eigenvalue weighted by Gasteiger charge is 2.16. The van der Waals surface area contributed by atoms with Crippen molar-refractivity contribution >= 4 is 5.91 Å². The molecule has 1 aromatic heterocycles. The molecule has 1 unspecified atom stereocenters. The number of amides is 1. The van der Waals surface area contributed by atoms with Gasteiger partial charge in [0, 0.05) is 38.0 Å². The molecular formula is C18H18N2O2. The second-order valence-corrected chi connectivity index (χ2v) is 5.14. The van der Waals surface area contributed by atoms with E-state index in [1.54, 1.807) is 13.1 Å². The number of nitrogens with zero attached hydrogens (tertiary/aromatic N) is 2. The number of carbonyl (C=O) groups excluding carboxylic acids is 1. The number of hydrogen-bond acceptors (Lipinski definition) is 3. The lowest BCUT2D eigenvalue weighted by molar-refractivity contribution is 0.0681. The average molecular weight is 294 g/mol. The fourth-order valence-corrected chi connectivity index (χ4v) is 2.21. The normalized spacial score (nSPS) is 11.5. The smallest absolute Gasteiger partial charge is 0.255 e. The summed E-state index contributed by atoms with van der Waals surface area (Å²) in [6.07, 6.45) is 8.19. The number of carbonyl (C=O) groups is 1. The first-order valence-corrected chi connectivity index (χ1v) is 6.99. The van der Waals surface area contributed by atoms with E-state index in [2.05, 4.69) is 10.9 Å². The van der Waals surface area contributed by atoms with Gasteiger partial charge in [-0.15, -0.1) is 6.42 Å². The molecule has 1 atom stereocenters. The van der Waals surface area contributed by atoms with E-state index in [0.717, 1.165) is 5.56 Å². The van der Waals surface area contributed by atoms with E-state index in [1.807, 2.05) is 30.3 Å². The van der Waals surface area contributed by atoms with Gasteiger partial charge in [0.05, 0.1) is 11.7 Å². The number of aromatic nitrogens is 1. The van der Waals surface area contributed by atoms with Gasteiger partial charge in [-0.05, 0) is 11.6 Å². The number of hydrogen-bond donors (Lipinski definition) is 1. The number of rotatable bonds is 5. The summed E-state index contributed by atoms with van der Waals surface area (Å²) in [6, 6.07) is 11.3. The van der Waals surface area contributed by atoms with Crippen molar-refractivity contribution in [2.45, 2.75) is 12.5 Å². The van der Waals surface area contributed by atoms with Gasteiger partial charge in [-0.25, -0.2) is 0 Å². The molecule has 0 aliphatic rings. The summed E-state index contributed by atoms with van der Waals surface area (Å²) >= 11 is 0. The number of benzene rings is 1. The van der Waals surface area contributed by atoms with Gasteiger partial charge >= 0.3 is 0 Å². The lowest BCUT2D eigenvalue weighted by Crippen LogP contribution is -2.35. The number of aliphatic hydroxyl groups is 1.